The summed E-state index contributed by atoms with van der Waals surface area (Å²) < 4.78 is 67.5. The highest BCUT2D eigenvalue weighted by Crippen LogP contribution is 2.34. The Bertz CT molecular complexity index is 1130. The van der Waals surface area contributed by atoms with Crippen LogP contribution in [0.4, 0.5) is 13.2 Å². The maximum Gasteiger partial charge on any atom is 0.417 e. The van der Waals surface area contributed by atoms with Crippen LogP contribution in [-0.4, -0.2) is 18.9 Å². The number of nitrogens with one attached hydrogen (secondary N) is 1. The SMILES string of the molecule is O=C(NS(=O)(=O)c1ccccc1C(F)(F)F)c1cc(-n2cccc2)ccc1Cl. The van der Waals surface area contributed by atoms with E-state index in [0.717, 1.165) is 18.2 Å². The molecule has 28 heavy (non-hydrogen) atoms. The van der Waals surface area contributed by atoms with Crippen LogP contribution in [-0.2, 0) is 16.2 Å². The van der Waals surface area contributed by atoms with E-state index in [0.29, 0.717) is 11.8 Å². The van der Waals surface area contributed by atoms with Crippen LogP contribution in [0.15, 0.2) is 71.9 Å². The third-order valence-corrected chi connectivity index (χ3v) is 5.52. The number of carbonyl (C=O) groups is 1. The highest BCUT2D eigenvalue weighted by atomic mass is 35.5. The normalized spacial score (nSPS) is 12.0. The molecule has 0 spiro atoms. The number of amides is 1. The first kappa shape index (κ1) is 20.0. The standard InChI is InChI=1S/C18H12ClF3N2O3S/c19-15-8-7-12(24-9-3-4-10-24)11-13(15)17(25)23-28(26,27)16-6-2-1-5-14(16)18(20,21)22/h1-11H,(H,23,25). The Hall–Kier alpha value is -2.78. The molecule has 1 N–H and O–H groups in total. The molecule has 0 saturated carbocycles. The van der Waals surface area contributed by atoms with Crippen LogP contribution in [0.5, 0.6) is 0 Å². The number of sulfonamides is 1. The number of aromatic nitrogens is 1. The summed E-state index contributed by atoms with van der Waals surface area (Å²) in [6.07, 6.45) is -1.51. The van der Waals surface area contributed by atoms with Crippen molar-refractivity contribution in [1.82, 2.24) is 9.29 Å². The first-order chi connectivity index (χ1) is 13.1. The average molecular weight is 429 g/mol. The Morgan fingerprint density at radius 3 is 2.29 bits per heavy atom. The maximum atomic E-state index is 13.1. The zero-order valence-electron chi connectivity index (χ0n) is 13.9. The number of nitrogens with zero attached hydrogens (tertiary/aromatic N) is 1. The first-order valence-corrected chi connectivity index (χ1v) is 9.62. The van der Waals surface area contributed by atoms with E-state index in [9.17, 15) is 26.4 Å². The van der Waals surface area contributed by atoms with Gasteiger partial charge in [-0.15, -0.1) is 0 Å². The van der Waals surface area contributed by atoms with Gasteiger partial charge in [-0.2, -0.15) is 13.2 Å². The molecule has 0 aliphatic carbocycles. The molecule has 2 aromatic carbocycles. The summed E-state index contributed by atoms with van der Waals surface area (Å²) >= 11 is 5.99. The largest absolute Gasteiger partial charge is 0.417 e. The topological polar surface area (TPSA) is 68.2 Å². The van der Waals surface area contributed by atoms with Gasteiger partial charge in [0.1, 0.15) is 0 Å². The Kier molecular flexibility index (Phi) is 5.22. The highest BCUT2D eigenvalue weighted by molar-refractivity contribution is 7.90. The van der Waals surface area contributed by atoms with E-state index >= 15 is 0 Å². The zero-order chi connectivity index (χ0) is 20.5. The van der Waals surface area contributed by atoms with E-state index in [-0.39, 0.29) is 10.6 Å². The smallest absolute Gasteiger partial charge is 0.324 e. The van der Waals surface area contributed by atoms with Gasteiger partial charge in [0.05, 0.1) is 21.0 Å². The summed E-state index contributed by atoms with van der Waals surface area (Å²) in [7, 11) is -4.79. The second-order valence-electron chi connectivity index (χ2n) is 5.68. The number of alkyl halides is 3. The van der Waals surface area contributed by atoms with Crippen LogP contribution < -0.4 is 4.72 Å². The number of carbonyl (C=O) groups excluding carboxylic acids is 1. The van der Waals surface area contributed by atoms with E-state index < -0.39 is 32.6 Å². The van der Waals surface area contributed by atoms with Gasteiger partial charge in [-0.05, 0) is 42.5 Å². The average Bonchev–Trinajstić information content (AvgIpc) is 3.15. The molecule has 0 saturated heterocycles. The van der Waals surface area contributed by atoms with Crippen LogP contribution in [0.25, 0.3) is 5.69 Å². The molecule has 1 amide bonds. The van der Waals surface area contributed by atoms with Gasteiger partial charge >= 0.3 is 6.18 Å². The fourth-order valence-electron chi connectivity index (χ4n) is 2.52. The van der Waals surface area contributed by atoms with E-state index in [1.165, 1.54) is 12.1 Å². The van der Waals surface area contributed by atoms with Crippen LogP contribution in [0.3, 0.4) is 0 Å². The maximum absolute atomic E-state index is 13.1. The van der Waals surface area contributed by atoms with Crippen molar-refractivity contribution in [3.63, 3.8) is 0 Å². The van der Waals surface area contributed by atoms with Crippen LogP contribution >= 0.6 is 11.6 Å². The third-order valence-electron chi connectivity index (χ3n) is 3.81. The summed E-state index contributed by atoms with van der Waals surface area (Å²) in [5.74, 6) is -1.14. The molecule has 0 fully saturated rings. The summed E-state index contributed by atoms with van der Waals surface area (Å²) in [5.41, 5.74) is -1.05. The molecule has 0 bridgehead atoms. The summed E-state index contributed by atoms with van der Waals surface area (Å²) in [6.45, 7) is 0. The van der Waals surface area contributed by atoms with E-state index in [2.05, 4.69) is 0 Å². The van der Waals surface area contributed by atoms with Gasteiger partial charge in [0.2, 0.25) is 0 Å². The van der Waals surface area contributed by atoms with E-state index in [4.69, 9.17) is 11.6 Å². The predicted molar refractivity (Wildman–Crippen MR) is 96.9 cm³/mol. The van der Waals surface area contributed by atoms with Crippen molar-refractivity contribution in [1.29, 1.82) is 0 Å². The highest BCUT2D eigenvalue weighted by Gasteiger charge is 2.37. The van der Waals surface area contributed by atoms with Gasteiger partial charge in [0, 0.05) is 18.1 Å². The summed E-state index contributed by atoms with van der Waals surface area (Å²) in [5, 5.41) is -0.0484. The van der Waals surface area contributed by atoms with Crippen molar-refractivity contribution >= 4 is 27.5 Å². The Morgan fingerprint density at radius 1 is 1.00 bits per heavy atom. The Labute approximate surface area is 163 Å². The number of benzene rings is 2. The van der Waals surface area contributed by atoms with E-state index in [1.54, 1.807) is 39.9 Å². The molecule has 10 heteroatoms. The predicted octanol–water partition coefficient (Wildman–Crippen LogP) is 4.27. The second kappa shape index (κ2) is 7.33. The van der Waals surface area contributed by atoms with Crippen LogP contribution in [0, 0.1) is 0 Å². The van der Waals surface area contributed by atoms with Crippen molar-refractivity contribution in [2.75, 3.05) is 0 Å². The molecule has 0 radical (unpaired) electrons. The number of hydrogen-bond donors (Lipinski definition) is 1. The second-order valence-corrected chi connectivity index (χ2v) is 7.74. The van der Waals surface area contributed by atoms with Gasteiger partial charge < -0.3 is 4.57 Å². The zero-order valence-corrected chi connectivity index (χ0v) is 15.5. The first-order valence-electron chi connectivity index (χ1n) is 7.76. The number of rotatable bonds is 4. The molecule has 3 aromatic rings. The molecular weight excluding hydrogens is 417 g/mol. The van der Waals surface area contributed by atoms with Crippen molar-refractivity contribution in [3.8, 4) is 5.69 Å². The van der Waals surface area contributed by atoms with Crippen molar-refractivity contribution < 1.29 is 26.4 Å². The minimum Gasteiger partial charge on any atom is -0.324 e. The molecule has 3 rings (SSSR count). The number of hydrogen-bond acceptors (Lipinski definition) is 3. The van der Waals surface area contributed by atoms with Gasteiger partial charge in [-0.25, -0.2) is 13.1 Å². The fourth-order valence-corrected chi connectivity index (χ4v) is 3.92. The molecule has 146 valence electrons. The molecule has 0 aliphatic heterocycles. The number of halogens is 4. The summed E-state index contributed by atoms with van der Waals surface area (Å²) in [4.78, 5) is 11.4. The van der Waals surface area contributed by atoms with Gasteiger partial charge in [0.15, 0.2) is 0 Å². The lowest BCUT2D eigenvalue weighted by Crippen LogP contribution is -2.32. The lowest BCUT2D eigenvalue weighted by molar-refractivity contribution is -0.139. The fraction of sp³-hybridized carbons (Fsp3) is 0.0556. The van der Waals surface area contributed by atoms with Gasteiger partial charge in [-0.3, -0.25) is 4.79 Å². The molecule has 1 aromatic heterocycles. The monoisotopic (exact) mass is 428 g/mol. The summed E-state index contributed by atoms with van der Waals surface area (Å²) in [6, 6.07) is 11.4. The van der Waals surface area contributed by atoms with Gasteiger partial charge in [0.25, 0.3) is 15.9 Å². The molecule has 0 unspecified atom stereocenters. The minimum absolute atomic E-state index is 0.0484. The van der Waals surface area contributed by atoms with Gasteiger partial charge in [-0.1, -0.05) is 23.7 Å². The quantitative estimate of drug-likeness (QED) is 0.674. The molecule has 1 heterocycles. The lowest BCUT2D eigenvalue weighted by Gasteiger charge is -2.14. The molecular formula is C18H12ClF3N2O3S. The van der Waals surface area contributed by atoms with Crippen molar-refractivity contribution in [2.24, 2.45) is 0 Å². The van der Waals surface area contributed by atoms with Crippen LogP contribution in [0.2, 0.25) is 5.02 Å². The molecule has 0 aliphatic rings. The Balaban J connectivity index is 1.97. The van der Waals surface area contributed by atoms with E-state index in [1.807, 2.05) is 0 Å². The molecule has 5 nitrogen and oxygen atoms in total. The van der Waals surface area contributed by atoms with Crippen LogP contribution in [0.1, 0.15) is 15.9 Å². The lowest BCUT2D eigenvalue weighted by atomic mass is 10.2. The molecule has 0 atom stereocenters. The third kappa shape index (κ3) is 4.05. The Morgan fingerprint density at radius 2 is 1.64 bits per heavy atom. The van der Waals surface area contributed by atoms with Crippen molar-refractivity contribution in [3.05, 3.63) is 83.1 Å². The van der Waals surface area contributed by atoms with Crippen molar-refractivity contribution in [2.45, 2.75) is 11.1 Å². The minimum atomic E-state index is -4.90.